The molecule has 0 bridgehead atoms. The Morgan fingerprint density at radius 3 is 2.85 bits per heavy atom. The highest BCUT2D eigenvalue weighted by Gasteiger charge is 2.28. The molecule has 1 aliphatic carbocycles. The normalized spacial score (nSPS) is 26.7. The molecule has 2 aliphatic rings. The van der Waals surface area contributed by atoms with Gasteiger partial charge in [0, 0.05) is 41.4 Å². The van der Waals surface area contributed by atoms with E-state index < -0.39 is 10.8 Å². The molecule has 0 radical (unpaired) electrons. The monoisotopic (exact) mass is 394 g/mol. The first kappa shape index (κ1) is 20.4. The van der Waals surface area contributed by atoms with Crippen molar-refractivity contribution in [3.63, 3.8) is 0 Å². The maximum Gasteiger partial charge on any atom is 0.191 e. The van der Waals surface area contributed by atoms with Crippen LogP contribution in [-0.2, 0) is 10.8 Å². The van der Waals surface area contributed by atoms with Crippen molar-refractivity contribution in [2.45, 2.75) is 62.8 Å². The lowest BCUT2D eigenvalue weighted by atomic mass is 9.95. The van der Waals surface area contributed by atoms with E-state index in [1.54, 1.807) is 6.26 Å². The zero-order valence-corrected chi connectivity index (χ0v) is 17.5. The number of rotatable bonds is 7. The summed E-state index contributed by atoms with van der Waals surface area (Å²) in [6.07, 6.45) is 8.56. The Morgan fingerprint density at radius 2 is 2.19 bits per heavy atom. The van der Waals surface area contributed by atoms with Gasteiger partial charge in [0.05, 0.1) is 12.3 Å². The summed E-state index contributed by atoms with van der Waals surface area (Å²) in [5, 5.41) is 7.38. The molecule has 27 heavy (non-hydrogen) atoms. The van der Waals surface area contributed by atoms with Gasteiger partial charge in [0.1, 0.15) is 5.76 Å². The van der Waals surface area contributed by atoms with Crippen LogP contribution in [0.4, 0.5) is 0 Å². The number of aliphatic imine (C=N–C) groups is 1. The Balaban J connectivity index is 1.55. The fourth-order valence-electron chi connectivity index (χ4n) is 4.28. The SMILES string of the molecule is CCS(=O)C1CCCC(NC(=NC)NCC(c2ccco2)N2CCCC2)C1. The van der Waals surface area contributed by atoms with Gasteiger partial charge in [-0.3, -0.25) is 14.1 Å². The third-order valence-corrected chi connectivity index (χ3v) is 7.50. The molecule has 1 aromatic heterocycles. The summed E-state index contributed by atoms with van der Waals surface area (Å²) in [6.45, 7) is 5.02. The molecule has 0 aromatic carbocycles. The summed E-state index contributed by atoms with van der Waals surface area (Å²) in [4.78, 5) is 6.91. The van der Waals surface area contributed by atoms with Gasteiger partial charge in [-0.2, -0.15) is 0 Å². The first-order valence-electron chi connectivity index (χ1n) is 10.3. The van der Waals surface area contributed by atoms with E-state index in [2.05, 4.69) is 26.6 Å². The van der Waals surface area contributed by atoms with Crippen molar-refractivity contribution in [1.82, 2.24) is 15.5 Å². The Morgan fingerprint density at radius 1 is 1.37 bits per heavy atom. The lowest BCUT2D eigenvalue weighted by Gasteiger charge is -2.31. The number of hydrogen-bond acceptors (Lipinski definition) is 4. The van der Waals surface area contributed by atoms with Crippen LogP contribution >= 0.6 is 0 Å². The van der Waals surface area contributed by atoms with Gasteiger partial charge in [-0.15, -0.1) is 0 Å². The van der Waals surface area contributed by atoms with Crippen LogP contribution in [-0.4, -0.2) is 58.8 Å². The van der Waals surface area contributed by atoms with E-state index in [1.165, 1.54) is 12.8 Å². The van der Waals surface area contributed by atoms with Crippen LogP contribution in [0.3, 0.4) is 0 Å². The van der Waals surface area contributed by atoms with Crippen molar-refractivity contribution in [1.29, 1.82) is 0 Å². The summed E-state index contributed by atoms with van der Waals surface area (Å²) in [5.41, 5.74) is 0. The van der Waals surface area contributed by atoms with Crippen LogP contribution < -0.4 is 10.6 Å². The Hall–Kier alpha value is -1.34. The van der Waals surface area contributed by atoms with E-state index in [4.69, 9.17) is 4.42 Å². The van der Waals surface area contributed by atoms with Crippen molar-refractivity contribution >= 4 is 16.8 Å². The average molecular weight is 395 g/mol. The lowest BCUT2D eigenvalue weighted by Crippen LogP contribution is -2.48. The fourth-order valence-corrected chi connectivity index (χ4v) is 5.62. The standard InChI is InChI=1S/C20H34N4O2S/c1-3-27(25)17-9-6-8-16(14-17)23-20(21-2)22-15-18(19-10-7-13-26-19)24-11-4-5-12-24/h7,10,13,16-18H,3-6,8-9,11-12,14-15H2,1-2H3,(H2,21,22,23). The molecular formula is C20H34N4O2S. The zero-order valence-electron chi connectivity index (χ0n) is 16.7. The molecule has 3 rings (SSSR count). The first-order valence-corrected chi connectivity index (χ1v) is 11.7. The van der Waals surface area contributed by atoms with Crippen molar-refractivity contribution in [3.8, 4) is 0 Å². The second kappa shape index (κ2) is 10.3. The van der Waals surface area contributed by atoms with E-state index in [-0.39, 0.29) is 6.04 Å². The van der Waals surface area contributed by atoms with E-state index in [0.29, 0.717) is 11.3 Å². The van der Waals surface area contributed by atoms with Crippen molar-refractivity contribution < 1.29 is 8.63 Å². The molecule has 4 unspecified atom stereocenters. The van der Waals surface area contributed by atoms with Crippen LogP contribution in [0.5, 0.6) is 0 Å². The lowest BCUT2D eigenvalue weighted by molar-refractivity contribution is 0.215. The maximum atomic E-state index is 12.2. The highest BCUT2D eigenvalue weighted by molar-refractivity contribution is 7.85. The molecule has 1 saturated carbocycles. The van der Waals surface area contributed by atoms with Crippen molar-refractivity contribution in [3.05, 3.63) is 24.2 Å². The van der Waals surface area contributed by atoms with E-state index in [1.807, 2.05) is 20.0 Å². The van der Waals surface area contributed by atoms with Crippen LogP contribution in [0.25, 0.3) is 0 Å². The third kappa shape index (κ3) is 5.57. The summed E-state index contributed by atoms with van der Waals surface area (Å²) >= 11 is 0. The van der Waals surface area contributed by atoms with E-state index in [9.17, 15) is 4.21 Å². The first-order chi connectivity index (χ1) is 13.2. The highest BCUT2D eigenvalue weighted by Crippen LogP contribution is 2.25. The molecule has 2 fully saturated rings. The van der Waals surface area contributed by atoms with Crippen LogP contribution in [0.2, 0.25) is 0 Å². The smallest absolute Gasteiger partial charge is 0.191 e. The van der Waals surface area contributed by atoms with Gasteiger partial charge in [-0.05, 0) is 57.3 Å². The van der Waals surface area contributed by atoms with Gasteiger partial charge < -0.3 is 15.1 Å². The number of nitrogens with one attached hydrogen (secondary N) is 2. The third-order valence-electron chi connectivity index (χ3n) is 5.76. The number of likely N-dealkylation sites (tertiary alicyclic amines) is 1. The minimum Gasteiger partial charge on any atom is -0.468 e. The molecule has 0 amide bonds. The molecule has 0 spiro atoms. The van der Waals surface area contributed by atoms with Gasteiger partial charge in [0.2, 0.25) is 0 Å². The fraction of sp³-hybridized carbons (Fsp3) is 0.750. The minimum atomic E-state index is -0.703. The highest BCUT2D eigenvalue weighted by atomic mass is 32.2. The largest absolute Gasteiger partial charge is 0.468 e. The number of nitrogens with zero attached hydrogens (tertiary/aromatic N) is 2. The molecule has 6 nitrogen and oxygen atoms in total. The molecular weight excluding hydrogens is 360 g/mol. The van der Waals surface area contributed by atoms with Gasteiger partial charge in [-0.25, -0.2) is 0 Å². The van der Waals surface area contributed by atoms with E-state index >= 15 is 0 Å². The molecule has 7 heteroatoms. The van der Waals surface area contributed by atoms with Crippen molar-refractivity contribution in [2.24, 2.45) is 4.99 Å². The second-order valence-electron chi connectivity index (χ2n) is 7.53. The summed E-state index contributed by atoms with van der Waals surface area (Å²) in [7, 11) is 1.11. The molecule has 1 aromatic rings. The molecule has 1 aliphatic heterocycles. The van der Waals surface area contributed by atoms with Gasteiger partial charge in [-0.1, -0.05) is 13.3 Å². The van der Waals surface area contributed by atoms with Crippen LogP contribution in [0, 0.1) is 0 Å². The summed E-state index contributed by atoms with van der Waals surface area (Å²) in [6, 6.07) is 4.60. The molecule has 2 N–H and O–H groups in total. The van der Waals surface area contributed by atoms with Gasteiger partial charge in [0.15, 0.2) is 5.96 Å². The maximum absolute atomic E-state index is 12.2. The predicted octanol–water partition coefficient (Wildman–Crippen LogP) is 2.66. The molecule has 2 heterocycles. The molecule has 152 valence electrons. The Kier molecular flexibility index (Phi) is 7.76. The van der Waals surface area contributed by atoms with E-state index in [0.717, 1.165) is 62.8 Å². The number of furan rings is 1. The number of hydrogen-bond donors (Lipinski definition) is 2. The Bertz CT molecular complexity index is 614. The van der Waals surface area contributed by atoms with Gasteiger partial charge in [0.25, 0.3) is 0 Å². The van der Waals surface area contributed by atoms with Crippen molar-refractivity contribution in [2.75, 3.05) is 32.4 Å². The molecule has 4 atom stereocenters. The quantitative estimate of drug-likeness (QED) is 0.550. The summed E-state index contributed by atoms with van der Waals surface area (Å²) < 4.78 is 17.9. The summed E-state index contributed by atoms with van der Waals surface area (Å²) in [5.74, 6) is 2.60. The zero-order chi connectivity index (χ0) is 19.1. The average Bonchev–Trinajstić information content (AvgIpc) is 3.41. The predicted molar refractivity (Wildman–Crippen MR) is 111 cm³/mol. The van der Waals surface area contributed by atoms with Crippen LogP contribution in [0.15, 0.2) is 27.8 Å². The number of guanidine groups is 1. The Labute approximate surface area is 165 Å². The van der Waals surface area contributed by atoms with Crippen LogP contribution in [0.1, 0.15) is 57.3 Å². The molecule has 1 saturated heterocycles. The topological polar surface area (TPSA) is 69.9 Å². The second-order valence-corrected chi connectivity index (χ2v) is 9.53. The van der Waals surface area contributed by atoms with Gasteiger partial charge >= 0.3 is 0 Å². The minimum absolute atomic E-state index is 0.229.